The average Bonchev–Trinajstić information content (AvgIpc) is 2.65. The van der Waals surface area contributed by atoms with Gasteiger partial charge in [0.2, 0.25) is 5.91 Å². The summed E-state index contributed by atoms with van der Waals surface area (Å²) < 4.78 is 10.9. The van der Waals surface area contributed by atoms with E-state index >= 15 is 0 Å². The maximum absolute atomic E-state index is 12.4. The highest BCUT2D eigenvalue weighted by Gasteiger charge is 2.41. The molecule has 0 saturated carbocycles. The fourth-order valence-electron chi connectivity index (χ4n) is 2.39. The number of hydrogen-bond acceptors (Lipinski definition) is 4. The summed E-state index contributed by atoms with van der Waals surface area (Å²) in [7, 11) is 0. The highest BCUT2D eigenvalue weighted by molar-refractivity contribution is 5.86. The van der Waals surface area contributed by atoms with Crippen LogP contribution in [0, 0.1) is 0 Å². The Bertz CT molecular complexity index is 277. The molecule has 0 aromatic carbocycles. The van der Waals surface area contributed by atoms with E-state index in [0.29, 0.717) is 26.2 Å². The lowest BCUT2D eigenvalue weighted by Gasteiger charge is -2.30. The van der Waals surface area contributed by atoms with Gasteiger partial charge in [0.25, 0.3) is 0 Å². The topological polar surface area (TPSA) is 64.8 Å². The summed E-state index contributed by atoms with van der Waals surface area (Å²) in [5.41, 5.74) is 5.31. The van der Waals surface area contributed by atoms with Crippen LogP contribution in [0.4, 0.5) is 0 Å². The Kier molecular flexibility index (Phi) is 4.01. The van der Waals surface area contributed by atoms with Gasteiger partial charge in [0, 0.05) is 26.3 Å². The molecule has 0 aromatic heterocycles. The molecule has 2 aliphatic heterocycles. The van der Waals surface area contributed by atoms with Crippen molar-refractivity contribution < 1.29 is 14.3 Å². The Morgan fingerprint density at radius 3 is 3.00 bits per heavy atom. The Labute approximate surface area is 102 Å². The van der Waals surface area contributed by atoms with Crippen LogP contribution in [-0.4, -0.2) is 55.4 Å². The van der Waals surface area contributed by atoms with Gasteiger partial charge >= 0.3 is 0 Å². The zero-order chi connectivity index (χ0) is 12.3. The molecule has 2 atom stereocenters. The first kappa shape index (κ1) is 12.8. The first-order chi connectivity index (χ1) is 8.15. The second kappa shape index (κ2) is 5.33. The third kappa shape index (κ3) is 2.78. The number of carbonyl (C=O) groups is 1. The Hall–Kier alpha value is -0.650. The van der Waals surface area contributed by atoms with Crippen LogP contribution in [0.3, 0.4) is 0 Å². The first-order valence-corrected chi connectivity index (χ1v) is 6.43. The summed E-state index contributed by atoms with van der Waals surface area (Å²) >= 11 is 0. The zero-order valence-electron chi connectivity index (χ0n) is 10.5. The molecule has 2 N–H and O–H groups in total. The smallest absolute Gasteiger partial charge is 0.245 e. The van der Waals surface area contributed by atoms with Crippen molar-refractivity contribution >= 4 is 5.91 Å². The van der Waals surface area contributed by atoms with Crippen LogP contribution in [0.1, 0.15) is 26.2 Å². The molecule has 5 heteroatoms. The van der Waals surface area contributed by atoms with Crippen LogP contribution in [-0.2, 0) is 14.3 Å². The van der Waals surface area contributed by atoms with E-state index in [4.69, 9.17) is 15.2 Å². The van der Waals surface area contributed by atoms with E-state index < -0.39 is 5.54 Å². The van der Waals surface area contributed by atoms with Crippen molar-refractivity contribution in [3.8, 4) is 0 Å². The maximum atomic E-state index is 12.4. The van der Waals surface area contributed by atoms with Crippen molar-refractivity contribution in [1.82, 2.24) is 4.90 Å². The highest BCUT2D eigenvalue weighted by Crippen LogP contribution is 2.20. The Morgan fingerprint density at radius 2 is 2.35 bits per heavy atom. The molecule has 2 heterocycles. The highest BCUT2D eigenvalue weighted by atomic mass is 16.5. The second-order valence-corrected chi connectivity index (χ2v) is 4.96. The molecular weight excluding hydrogens is 220 g/mol. The molecule has 1 amide bonds. The van der Waals surface area contributed by atoms with Gasteiger partial charge in [-0.25, -0.2) is 0 Å². The second-order valence-electron chi connectivity index (χ2n) is 4.96. The van der Waals surface area contributed by atoms with Crippen molar-refractivity contribution in [2.75, 3.05) is 32.9 Å². The molecule has 2 fully saturated rings. The average molecular weight is 242 g/mol. The standard InChI is InChI=1S/C12H22N2O3/c1-2-10-8-14(5-3-6-17-10)11(15)12(13)4-7-16-9-12/h10H,2-9,13H2,1H3. The summed E-state index contributed by atoms with van der Waals surface area (Å²) in [6.07, 6.45) is 2.59. The molecule has 5 nitrogen and oxygen atoms in total. The van der Waals surface area contributed by atoms with Gasteiger partial charge < -0.3 is 20.1 Å². The van der Waals surface area contributed by atoms with Crippen molar-refractivity contribution in [3.05, 3.63) is 0 Å². The van der Waals surface area contributed by atoms with Crippen LogP contribution in [0.5, 0.6) is 0 Å². The maximum Gasteiger partial charge on any atom is 0.245 e. The van der Waals surface area contributed by atoms with E-state index in [1.54, 1.807) is 0 Å². The molecule has 2 saturated heterocycles. The Morgan fingerprint density at radius 1 is 1.53 bits per heavy atom. The number of amides is 1. The van der Waals surface area contributed by atoms with Crippen molar-refractivity contribution in [2.45, 2.75) is 37.8 Å². The van der Waals surface area contributed by atoms with E-state index in [1.165, 1.54) is 0 Å². The molecule has 2 aliphatic rings. The summed E-state index contributed by atoms with van der Waals surface area (Å²) in [4.78, 5) is 14.3. The monoisotopic (exact) mass is 242 g/mol. The molecule has 98 valence electrons. The van der Waals surface area contributed by atoms with Crippen LogP contribution in [0.25, 0.3) is 0 Å². The minimum absolute atomic E-state index is 0.0268. The number of rotatable bonds is 2. The number of ether oxygens (including phenoxy) is 2. The fourth-order valence-corrected chi connectivity index (χ4v) is 2.39. The molecule has 2 unspecified atom stereocenters. The predicted octanol–water partition coefficient (Wildman–Crippen LogP) is 0.132. The molecule has 0 bridgehead atoms. The molecule has 0 aromatic rings. The van der Waals surface area contributed by atoms with Crippen molar-refractivity contribution in [2.24, 2.45) is 5.73 Å². The van der Waals surface area contributed by atoms with Gasteiger partial charge in [-0.2, -0.15) is 0 Å². The van der Waals surface area contributed by atoms with E-state index in [2.05, 4.69) is 6.92 Å². The lowest BCUT2D eigenvalue weighted by molar-refractivity contribution is -0.137. The molecule has 0 aliphatic carbocycles. The quantitative estimate of drug-likeness (QED) is 0.747. The van der Waals surface area contributed by atoms with Crippen LogP contribution in [0.15, 0.2) is 0 Å². The van der Waals surface area contributed by atoms with Gasteiger partial charge in [0.1, 0.15) is 5.54 Å². The minimum atomic E-state index is -0.803. The third-order valence-corrected chi connectivity index (χ3v) is 3.57. The number of carbonyl (C=O) groups excluding carboxylic acids is 1. The van der Waals surface area contributed by atoms with Gasteiger partial charge in [-0.3, -0.25) is 4.79 Å². The molecular formula is C12H22N2O3. The first-order valence-electron chi connectivity index (χ1n) is 6.43. The Balaban J connectivity index is 2.01. The van der Waals surface area contributed by atoms with E-state index in [9.17, 15) is 4.79 Å². The van der Waals surface area contributed by atoms with E-state index in [1.807, 2.05) is 4.90 Å². The SMILES string of the molecule is CCC1CN(C(=O)C2(N)CCOC2)CCCO1. The number of nitrogens with two attached hydrogens (primary N) is 1. The largest absolute Gasteiger partial charge is 0.379 e. The summed E-state index contributed by atoms with van der Waals surface area (Å²) in [6, 6.07) is 0. The molecule has 0 radical (unpaired) electrons. The number of nitrogens with zero attached hydrogens (tertiary/aromatic N) is 1. The zero-order valence-corrected chi connectivity index (χ0v) is 10.5. The van der Waals surface area contributed by atoms with Gasteiger partial charge in [-0.15, -0.1) is 0 Å². The fraction of sp³-hybridized carbons (Fsp3) is 0.917. The van der Waals surface area contributed by atoms with Crippen LogP contribution < -0.4 is 5.73 Å². The van der Waals surface area contributed by atoms with Crippen LogP contribution in [0.2, 0.25) is 0 Å². The van der Waals surface area contributed by atoms with Gasteiger partial charge in [-0.1, -0.05) is 6.92 Å². The number of hydrogen-bond donors (Lipinski definition) is 1. The van der Waals surface area contributed by atoms with Gasteiger partial charge in [-0.05, 0) is 19.3 Å². The lowest BCUT2D eigenvalue weighted by atomic mass is 9.98. The minimum Gasteiger partial charge on any atom is -0.379 e. The predicted molar refractivity (Wildman–Crippen MR) is 63.6 cm³/mol. The summed E-state index contributed by atoms with van der Waals surface area (Å²) in [5, 5.41) is 0. The van der Waals surface area contributed by atoms with E-state index in [0.717, 1.165) is 26.0 Å². The van der Waals surface area contributed by atoms with Crippen molar-refractivity contribution in [1.29, 1.82) is 0 Å². The van der Waals surface area contributed by atoms with Gasteiger partial charge in [0.05, 0.1) is 12.7 Å². The van der Waals surface area contributed by atoms with E-state index in [-0.39, 0.29) is 12.0 Å². The third-order valence-electron chi connectivity index (χ3n) is 3.57. The van der Waals surface area contributed by atoms with Gasteiger partial charge in [0.15, 0.2) is 0 Å². The van der Waals surface area contributed by atoms with Crippen molar-refractivity contribution in [3.63, 3.8) is 0 Å². The molecule has 0 spiro atoms. The molecule has 17 heavy (non-hydrogen) atoms. The normalized spacial score (nSPS) is 34.7. The summed E-state index contributed by atoms with van der Waals surface area (Å²) in [6.45, 7) is 5.15. The van der Waals surface area contributed by atoms with Crippen LogP contribution >= 0.6 is 0 Å². The lowest BCUT2D eigenvalue weighted by Crippen LogP contribution is -2.57. The summed E-state index contributed by atoms with van der Waals surface area (Å²) in [5.74, 6) is 0.0268. The molecule has 2 rings (SSSR count).